The van der Waals surface area contributed by atoms with Crippen molar-refractivity contribution in [3.8, 4) is 17.1 Å². The van der Waals surface area contributed by atoms with Crippen molar-refractivity contribution in [2.75, 3.05) is 19.7 Å². The number of benzene rings is 2. The van der Waals surface area contributed by atoms with Gasteiger partial charge in [-0.3, -0.25) is 14.4 Å². The molecule has 0 saturated carbocycles. The standard InChI is InChI=1S/C32H42N6O4/c1-21(2)19-26-32(41)33-24(5)31-35-30(25-12-7-6-8-13-25)36-38(31)18-17-37(16-10-15-28(39)34-26)29(40)20-42-27-14-9-11-22(3)23(27)4/h6-9,11-14,21,24,26H,10,15-20H2,1-5H3,(H,33,41)(H,34,39)/t24-,26-/m1/s1. The fourth-order valence-electron chi connectivity index (χ4n) is 5.01. The van der Waals surface area contributed by atoms with Gasteiger partial charge in [0, 0.05) is 25.1 Å². The maximum absolute atomic E-state index is 13.4. The Morgan fingerprint density at radius 1 is 1.02 bits per heavy atom. The summed E-state index contributed by atoms with van der Waals surface area (Å²) in [5.41, 5.74) is 2.94. The number of rotatable bonds is 6. The van der Waals surface area contributed by atoms with Gasteiger partial charge in [-0.1, -0.05) is 56.3 Å². The van der Waals surface area contributed by atoms with Gasteiger partial charge < -0.3 is 20.3 Å². The van der Waals surface area contributed by atoms with Gasteiger partial charge >= 0.3 is 0 Å². The van der Waals surface area contributed by atoms with E-state index in [0.717, 1.165) is 16.7 Å². The van der Waals surface area contributed by atoms with Crippen LogP contribution in [0.3, 0.4) is 0 Å². The van der Waals surface area contributed by atoms with E-state index in [4.69, 9.17) is 14.8 Å². The van der Waals surface area contributed by atoms with Gasteiger partial charge in [0.2, 0.25) is 11.8 Å². The molecule has 0 saturated heterocycles. The molecule has 10 heteroatoms. The zero-order chi connectivity index (χ0) is 30.2. The summed E-state index contributed by atoms with van der Waals surface area (Å²) in [4.78, 5) is 46.0. The van der Waals surface area contributed by atoms with E-state index >= 15 is 0 Å². The van der Waals surface area contributed by atoms with Gasteiger partial charge in [0.25, 0.3) is 5.91 Å². The second-order valence-electron chi connectivity index (χ2n) is 11.3. The number of nitrogens with one attached hydrogen (secondary N) is 2. The number of fused-ring (bicyclic) bond motifs is 1. The third-order valence-electron chi connectivity index (χ3n) is 7.51. The first-order valence-corrected chi connectivity index (χ1v) is 14.7. The Bertz CT molecular complexity index is 1390. The third kappa shape index (κ3) is 7.96. The highest BCUT2D eigenvalue weighted by atomic mass is 16.5. The van der Waals surface area contributed by atoms with E-state index in [-0.39, 0.29) is 36.7 Å². The molecule has 0 fully saturated rings. The molecule has 1 aliphatic heterocycles. The molecule has 1 aromatic heterocycles. The zero-order valence-electron chi connectivity index (χ0n) is 25.2. The van der Waals surface area contributed by atoms with Crippen molar-refractivity contribution < 1.29 is 19.1 Å². The van der Waals surface area contributed by atoms with Gasteiger partial charge in [-0.25, -0.2) is 9.67 Å². The summed E-state index contributed by atoms with van der Waals surface area (Å²) >= 11 is 0. The number of hydrogen-bond acceptors (Lipinski definition) is 6. The fourth-order valence-corrected chi connectivity index (χ4v) is 5.01. The average molecular weight is 575 g/mol. The Balaban J connectivity index is 1.60. The lowest BCUT2D eigenvalue weighted by Gasteiger charge is -2.26. The van der Waals surface area contributed by atoms with Crippen molar-refractivity contribution in [2.45, 2.75) is 72.5 Å². The summed E-state index contributed by atoms with van der Waals surface area (Å²) < 4.78 is 7.69. The van der Waals surface area contributed by atoms with Crippen molar-refractivity contribution in [3.63, 3.8) is 0 Å². The van der Waals surface area contributed by atoms with Crippen molar-refractivity contribution in [2.24, 2.45) is 5.92 Å². The lowest BCUT2D eigenvalue weighted by atomic mass is 10.0. The quantitative estimate of drug-likeness (QED) is 0.460. The summed E-state index contributed by atoms with van der Waals surface area (Å²) in [6.45, 7) is 10.8. The lowest BCUT2D eigenvalue weighted by Crippen LogP contribution is -2.48. The Morgan fingerprint density at radius 3 is 2.52 bits per heavy atom. The second-order valence-corrected chi connectivity index (χ2v) is 11.3. The second kappa shape index (κ2) is 14.1. The van der Waals surface area contributed by atoms with Gasteiger partial charge in [0.05, 0.1) is 12.6 Å². The monoisotopic (exact) mass is 574 g/mol. The lowest BCUT2D eigenvalue weighted by molar-refractivity contribution is -0.134. The molecule has 2 aromatic carbocycles. The highest BCUT2D eigenvalue weighted by Crippen LogP contribution is 2.22. The SMILES string of the molecule is Cc1cccc(OCC(=O)N2CCCC(=O)N[C@H](CC(C)C)C(=O)N[C@H](C)c3nc(-c4ccccc4)nn3CC2)c1C. The number of carbonyl (C=O) groups excluding carboxylic acids is 3. The molecule has 4 rings (SSSR count). The van der Waals surface area contributed by atoms with Crippen molar-refractivity contribution >= 4 is 17.7 Å². The van der Waals surface area contributed by atoms with Gasteiger partial charge in [0.1, 0.15) is 17.6 Å². The Kier molecular flexibility index (Phi) is 10.3. The largest absolute Gasteiger partial charge is 0.483 e. The van der Waals surface area contributed by atoms with Crippen LogP contribution in [0.25, 0.3) is 11.4 Å². The minimum atomic E-state index is -0.670. The molecule has 224 valence electrons. The zero-order valence-corrected chi connectivity index (χ0v) is 25.2. The number of amides is 3. The van der Waals surface area contributed by atoms with Gasteiger partial charge in [-0.2, -0.15) is 5.10 Å². The smallest absolute Gasteiger partial charge is 0.260 e. The number of hydrogen-bond donors (Lipinski definition) is 2. The van der Waals surface area contributed by atoms with Gasteiger partial charge in [-0.15, -0.1) is 0 Å². The number of aryl methyl sites for hydroxylation is 1. The number of nitrogens with zero attached hydrogens (tertiary/aromatic N) is 4. The summed E-state index contributed by atoms with van der Waals surface area (Å²) in [6.07, 6.45) is 1.16. The highest BCUT2D eigenvalue weighted by Gasteiger charge is 2.27. The van der Waals surface area contributed by atoms with Gasteiger partial charge in [0.15, 0.2) is 12.4 Å². The number of carbonyl (C=O) groups is 3. The summed E-state index contributed by atoms with van der Waals surface area (Å²) in [6, 6.07) is 14.3. The van der Waals surface area contributed by atoms with E-state index < -0.39 is 12.1 Å². The fraction of sp³-hybridized carbons (Fsp3) is 0.469. The molecule has 1 aliphatic rings. The van der Waals surface area contributed by atoms with E-state index in [2.05, 4.69) is 10.6 Å². The average Bonchev–Trinajstić information content (AvgIpc) is 3.39. The first-order valence-electron chi connectivity index (χ1n) is 14.7. The molecule has 42 heavy (non-hydrogen) atoms. The van der Waals surface area contributed by atoms with Crippen LogP contribution in [0.4, 0.5) is 0 Å². The first-order chi connectivity index (χ1) is 20.1. The minimum Gasteiger partial charge on any atom is -0.483 e. The van der Waals surface area contributed by atoms with Crippen LogP contribution in [0.1, 0.15) is 63.0 Å². The molecular formula is C32H42N6O4. The number of aromatic nitrogens is 3. The molecule has 2 N–H and O–H groups in total. The van der Waals surface area contributed by atoms with Crippen molar-refractivity contribution in [1.29, 1.82) is 0 Å². The molecule has 0 spiro atoms. The van der Waals surface area contributed by atoms with Crippen LogP contribution in [0.15, 0.2) is 48.5 Å². The predicted octanol–water partition coefficient (Wildman–Crippen LogP) is 3.97. The highest BCUT2D eigenvalue weighted by molar-refractivity contribution is 5.87. The molecular weight excluding hydrogens is 532 g/mol. The van der Waals surface area contributed by atoms with Crippen LogP contribution in [0.2, 0.25) is 0 Å². The van der Waals surface area contributed by atoms with Crippen LogP contribution < -0.4 is 15.4 Å². The van der Waals surface area contributed by atoms with E-state index in [1.54, 1.807) is 9.58 Å². The van der Waals surface area contributed by atoms with E-state index in [9.17, 15) is 14.4 Å². The Labute approximate surface area is 247 Å². The van der Waals surface area contributed by atoms with Crippen LogP contribution in [0, 0.1) is 19.8 Å². The van der Waals surface area contributed by atoms with E-state index in [1.165, 1.54) is 0 Å². The maximum Gasteiger partial charge on any atom is 0.260 e. The summed E-state index contributed by atoms with van der Waals surface area (Å²) in [5.74, 6) is 1.36. The molecule has 2 heterocycles. The van der Waals surface area contributed by atoms with Crippen LogP contribution in [-0.4, -0.2) is 63.1 Å². The van der Waals surface area contributed by atoms with Gasteiger partial charge in [-0.05, 0) is 56.7 Å². The Morgan fingerprint density at radius 2 is 1.79 bits per heavy atom. The molecule has 3 aromatic rings. The topological polar surface area (TPSA) is 118 Å². The first kappa shape index (κ1) is 30.7. The predicted molar refractivity (Wildman–Crippen MR) is 161 cm³/mol. The molecule has 3 amide bonds. The summed E-state index contributed by atoms with van der Waals surface area (Å²) in [5, 5.41) is 10.7. The van der Waals surface area contributed by atoms with Crippen LogP contribution in [0.5, 0.6) is 5.75 Å². The third-order valence-corrected chi connectivity index (χ3v) is 7.51. The molecule has 0 bridgehead atoms. The molecule has 10 nitrogen and oxygen atoms in total. The summed E-state index contributed by atoms with van der Waals surface area (Å²) in [7, 11) is 0. The maximum atomic E-state index is 13.4. The normalized spacial score (nSPS) is 18.6. The van der Waals surface area contributed by atoms with Crippen molar-refractivity contribution in [3.05, 3.63) is 65.5 Å². The van der Waals surface area contributed by atoms with Crippen LogP contribution >= 0.6 is 0 Å². The molecule has 0 aliphatic carbocycles. The van der Waals surface area contributed by atoms with E-state index in [1.807, 2.05) is 83.1 Å². The Hall–Kier alpha value is -4.21. The van der Waals surface area contributed by atoms with Crippen LogP contribution in [-0.2, 0) is 20.9 Å². The number of ether oxygens (including phenoxy) is 1. The molecule has 2 atom stereocenters. The van der Waals surface area contributed by atoms with E-state index in [0.29, 0.717) is 49.9 Å². The molecule has 0 radical (unpaired) electrons. The van der Waals surface area contributed by atoms with Crippen molar-refractivity contribution in [1.82, 2.24) is 30.3 Å². The molecule has 0 unspecified atom stereocenters. The minimum absolute atomic E-state index is 0.112.